The van der Waals surface area contributed by atoms with Crippen molar-refractivity contribution in [2.75, 3.05) is 18.5 Å². The van der Waals surface area contributed by atoms with E-state index in [1.165, 1.54) is 4.80 Å². The maximum atomic E-state index is 12.5. The van der Waals surface area contributed by atoms with E-state index in [9.17, 15) is 9.90 Å². The molecule has 0 saturated carbocycles. The van der Waals surface area contributed by atoms with Gasteiger partial charge < -0.3 is 15.3 Å². The van der Waals surface area contributed by atoms with E-state index in [0.717, 1.165) is 24.8 Å². The highest BCUT2D eigenvalue weighted by Gasteiger charge is 2.26. The average Bonchev–Trinajstić information content (AvgIpc) is 3.11. The third-order valence-electron chi connectivity index (χ3n) is 4.21. The summed E-state index contributed by atoms with van der Waals surface area (Å²) in [7, 11) is 0. The molecule has 1 aliphatic heterocycles. The summed E-state index contributed by atoms with van der Waals surface area (Å²) in [5, 5.41) is 24.6. The maximum absolute atomic E-state index is 12.5. The molecule has 1 aromatic heterocycles. The Balaban J connectivity index is 1.73. The van der Waals surface area contributed by atoms with Crippen molar-refractivity contribution >= 4 is 11.7 Å². The molecular weight excluding hydrogens is 308 g/mol. The number of hydrogen-bond donors (Lipinski definition) is 2. The van der Waals surface area contributed by atoms with E-state index in [0.29, 0.717) is 24.6 Å². The van der Waals surface area contributed by atoms with Crippen molar-refractivity contribution in [1.29, 1.82) is 0 Å². The summed E-state index contributed by atoms with van der Waals surface area (Å²) in [6, 6.07) is 7.08. The first-order valence-corrected chi connectivity index (χ1v) is 8.28. The molecule has 1 aromatic carbocycles. The number of aliphatic hydroxyl groups excluding tert-OH is 1. The van der Waals surface area contributed by atoms with Gasteiger partial charge in [-0.25, -0.2) is 4.79 Å². The van der Waals surface area contributed by atoms with Crippen molar-refractivity contribution in [3.8, 4) is 11.4 Å². The Labute approximate surface area is 140 Å². The van der Waals surface area contributed by atoms with Crippen molar-refractivity contribution < 1.29 is 9.90 Å². The number of carbonyl (C=O) groups excluding carboxylic acids is 1. The van der Waals surface area contributed by atoms with Crippen LogP contribution in [0.1, 0.15) is 26.2 Å². The highest BCUT2D eigenvalue weighted by Crippen LogP contribution is 2.21. The van der Waals surface area contributed by atoms with E-state index in [1.807, 2.05) is 31.2 Å². The van der Waals surface area contributed by atoms with Gasteiger partial charge in [0.15, 0.2) is 0 Å². The third kappa shape index (κ3) is 3.53. The smallest absolute Gasteiger partial charge is 0.322 e. The number of aryl methyl sites for hydroxylation is 1. The van der Waals surface area contributed by atoms with Gasteiger partial charge in [-0.1, -0.05) is 12.1 Å². The number of likely N-dealkylation sites (tertiary alicyclic amines) is 1. The number of hydrogen-bond acceptors (Lipinski definition) is 5. The Morgan fingerprint density at radius 1 is 1.42 bits per heavy atom. The molecule has 1 atom stereocenters. The Hall–Kier alpha value is -2.48. The van der Waals surface area contributed by atoms with Crippen LogP contribution in [-0.2, 0) is 6.54 Å². The Morgan fingerprint density at radius 3 is 3.04 bits per heavy atom. The number of aromatic nitrogens is 4. The fourth-order valence-electron chi connectivity index (χ4n) is 2.88. The molecule has 24 heavy (non-hydrogen) atoms. The number of carbonyl (C=O) groups is 1. The number of aliphatic hydroxyl groups is 1. The van der Waals surface area contributed by atoms with Crippen LogP contribution in [0.15, 0.2) is 24.3 Å². The van der Waals surface area contributed by atoms with E-state index in [4.69, 9.17) is 0 Å². The molecule has 0 radical (unpaired) electrons. The molecule has 8 nitrogen and oxygen atoms in total. The largest absolute Gasteiger partial charge is 0.394 e. The first kappa shape index (κ1) is 16.4. The molecule has 1 unspecified atom stereocenters. The normalized spacial score (nSPS) is 17.8. The van der Waals surface area contributed by atoms with Crippen LogP contribution in [-0.4, -0.2) is 55.4 Å². The average molecular weight is 330 g/mol. The molecule has 1 fully saturated rings. The number of nitrogens with one attached hydrogen (secondary N) is 1. The van der Waals surface area contributed by atoms with Gasteiger partial charge in [-0.3, -0.25) is 0 Å². The second-order valence-electron chi connectivity index (χ2n) is 5.84. The number of tetrazole rings is 1. The molecule has 2 heterocycles. The zero-order valence-electron chi connectivity index (χ0n) is 13.7. The number of urea groups is 1. The summed E-state index contributed by atoms with van der Waals surface area (Å²) < 4.78 is 0. The van der Waals surface area contributed by atoms with Gasteiger partial charge in [0, 0.05) is 17.8 Å². The molecule has 128 valence electrons. The second-order valence-corrected chi connectivity index (χ2v) is 5.84. The first-order valence-electron chi connectivity index (χ1n) is 8.28. The highest BCUT2D eigenvalue weighted by molar-refractivity contribution is 5.90. The number of rotatable bonds is 4. The number of benzene rings is 1. The molecule has 2 N–H and O–H groups in total. The van der Waals surface area contributed by atoms with Crippen LogP contribution in [0, 0.1) is 0 Å². The summed E-state index contributed by atoms with van der Waals surface area (Å²) in [5.74, 6) is 0.527. The van der Waals surface area contributed by atoms with Crippen LogP contribution in [0.5, 0.6) is 0 Å². The van der Waals surface area contributed by atoms with Gasteiger partial charge in [-0.15, -0.1) is 10.2 Å². The molecule has 0 bridgehead atoms. The number of amides is 2. The quantitative estimate of drug-likeness (QED) is 0.890. The lowest BCUT2D eigenvalue weighted by atomic mass is 10.0. The SMILES string of the molecule is CCn1nnc(-c2cccc(NC(=O)N3CCCCC3CO)c2)n1. The molecule has 1 saturated heterocycles. The minimum absolute atomic E-state index is 0.00248. The van der Waals surface area contributed by atoms with E-state index >= 15 is 0 Å². The van der Waals surface area contributed by atoms with Crippen molar-refractivity contribution in [2.24, 2.45) is 0 Å². The number of anilines is 1. The molecule has 3 rings (SSSR count). The zero-order chi connectivity index (χ0) is 16.9. The van der Waals surface area contributed by atoms with Crippen LogP contribution in [0.3, 0.4) is 0 Å². The zero-order valence-corrected chi connectivity index (χ0v) is 13.7. The fourth-order valence-corrected chi connectivity index (χ4v) is 2.88. The van der Waals surface area contributed by atoms with Crippen molar-refractivity contribution in [3.63, 3.8) is 0 Å². The van der Waals surface area contributed by atoms with E-state index in [-0.39, 0.29) is 18.7 Å². The van der Waals surface area contributed by atoms with Crippen LogP contribution < -0.4 is 5.32 Å². The summed E-state index contributed by atoms with van der Waals surface area (Å²) in [5.41, 5.74) is 1.47. The van der Waals surface area contributed by atoms with Crippen LogP contribution in [0.4, 0.5) is 10.5 Å². The first-order chi connectivity index (χ1) is 11.7. The lowest BCUT2D eigenvalue weighted by Gasteiger charge is -2.34. The maximum Gasteiger partial charge on any atom is 0.322 e. The Bertz CT molecular complexity index is 701. The van der Waals surface area contributed by atoms with Crippen molar-refractivity contribution in [3.05, 3.63) is 24.3 Å². The van der Waals surface area contributed by atoms with Crippen LogP contribution >= 0.6 is 0 Å². The highest BCUT2D eigenvalue weighted by atomic mass is 16.3. The van der Waals surface area contributed by atoms with Crippen molar-refractivity contribution in [2.45, 2.75) is 38.8 Å². The molecule has 1 aliphatic rings. The van der Waals surface area contributed by atoms with E-state index in [1.54, 1.807) is 4.90 Å². The fraction of sp³-hybridized carbons (Fsp3) is 0.500. The van der Waals surface area contributed by atoms with Crippen molar-refractivity contribution in [1.82, 2.24) is 25.1 Å². The molecule has 0 spiro atoms. The van der Waals surface area contributed by atoms with E-state index < -0.39 is 0 Å². The topological polar surface area (TPSA) is 96.2 Å². The predicted octanol–water partition coefficient (Wildman–Crippen LogP) is 1.74. The summed E-state index contributed by atoms with van der Waals surface area (Å²) in [4.78, 5) is 15.7. The van der Waals surface area contributed by atoms with E-state index in [2.05, 4.69) is 20.7 Å². The van der Waals surface area contributed by atoms with Gasteiger partial charge in [-0.2, -0.15) is 4.80 Å². The summed E-state index contributed by atoms with van der Waals surface area (Å²) >= 11 is 0. The number of nitrogens with zero attached hydrogens (tertiary/aromatic N) is 5. The number of piperidine rings is 1. The van der Waals surface area contributed by atoms with Crippen LogP contribution in [0.2, 0.25) is 0 Å². The van der Waals surface area contributed by atoms with Gasteiger partial charge in [-0.05, 0) is 43.5 Å². The third-order valence-corrected chi connectivity index (χ3v) is 4.21. The molecule has 2 amide bonds. The lowest BCUT2D eigenvalue weighted by Crippen LogP contribution is -2.47. The summed E-state index contributed by atoms with van der Waals surface area (Å²) in [6.07, 6.45) is 2.85. The van der Waals surface area contributed by atoms with Gasteiger partial charge >= 0.3 is 6.03 Å². The minimum Gasteiger partial charge on any atom is -0.394 e. The Kier molecular flexibility index (Phi) is 5.05. The van der Waals surface area contributed by atoms with Gasteiger partial charge in [0.1, 0.15) is 0 Å². The van der Waals surface area contributed by atoms with Crippen LogP contribution in [0.25, 0.3) is 11.4 Å². The lowest BCUT2D eigenvalue weighted by molar-refractivity contribution is 0.115. The minimum atomic E-state index is -0.184. The summed E-state index contributed by atoms with van der Waals surface area (Å²) in [6.45, 7) is 3.26. The van der Waals surface area contributed by atoms with Gasteiger partial charge in [0.05, 0.1) is 19.2 Å². The molecular formula is C16H22N6O2. The second kappa shape index (κ2) is 7.39. The van der Waals surface area contributed by atoms with Gasteiger partial charge in [0.25, 0.3) is 0 Å². The standard InChI is InChI=1S/C16H22N6O2/c1-2-22-19-15(18-20-22)12-6-5-7-13(10-12)17-16(24)21-9-4-3-8-14(21)11-23/h5-7,10,14,23H,2-4,8-9,11H2,1H3,(H,17,24). The predicted molar refractivity (Wildman–Crippen MR) is 89.4 cm³/mol. The monoisotopic (exact) mass is 330 g/mol. The molecule has 2 aromatic rings. The molecule has 0 aliphatic carbocycles. The molecule has 8 heteroatoms. The van der Waals surface area contributed by atoms with Gasteiger partial charge in [0.2, 0.25) is 5.82 Å². The Morgan fingerprint density at radius 2 is 2.29 bits per heavy atom.